The summed E-state index contributed by atoms with van der Waals surface area (Å²) in [5.41, 5.74) is 0.901. The van der Waals surface area contributed by atoms with Gasteiger partial charge >= 0.3 is 0 Å². The number of carbonyl (C=O) groups is 1. The van der Waals surface area contributed by atoms with Crippen LogP contribution < -0.4 is 5.32 Å². The summed E-state index contributed by atoms with van der Waals surface area (Å²) in [5.74, 6) is -0.552. The van der Waals surface area contributed by atoms with E-state index in [2.05, 4.69) is 10.2 Å². The second-order valence-corrected chi connectivity index (χ2v) is 6.98. The lowest BCUT2D eigenvalue weighted by Gasteiger charge is -2.33. The first-order chi connectivity index (χ1) is 11.0. The van der Waals surface area contributed by atoms with E-state index in [9.17, 15) is 14.3 Å². The molecular weight excluding hydrogens is 319 g/mol. The van der Waals surface area contributed by atoms with Gasteiger partial charge in [-0.05, 0) is 62.4 Å². The predicted octanol–water partition coefficient (Wildman–Crippen LogP) is 2.33. The van der Waals surface area contributed by atoms with Crippen LogP contribution in [0.1, 0.15) is 31.2 Å². The molecule has 6 heteroatoms. The van der Waals surface area contributed by atoms with Gasteiger partial charge in [0.2, 0.25) is 5.91 Å². The van der Waals surface area contributed by atoms with E-state index in [0.29, 0.717) is 11.6 Å². The molecule has 1 aliphatic heterocycles. The number of aliphatic hydroxyl groups is 1. The molecule has 2 aliphatic rings. The molecule has 1 amide bonds. The van der Waals surface area contributed by atoms with Gasteiger partial charge in [0.25, 0.3) is 0 Å². The number of piperidine rings is 1. The van der Waals surface area contributed by atoms with Gasteiger partial charge in [0, 0.05) is 17.6 Å². The molecule has 2 fully saturated rings. The number of hydrogen-bond donors (Lipinski definition) is 2. The Balaban J connectivity index is 1.48. The van der Waals surface area contributed by atoms with Crippen LogP contribution in [-0.4, -0.2) is 41.1 Å². The highest BCUT2D eigenvalue weighted by molar-refractivity contribution is 6.31. The van der Waals surface area contributed by atoms with Crippen molar-refractivity contribution in [3.8, 4) is 0 Å². The summed E-state index contributed by atoms with van der Waals surface area (Å²) >= 11 is 6.06. The fraction of sp³-hybridized carbons (Fsp3) is 0.588. The van der Waals surface area contributed by atoms with Crippen LogP contribution in [0, 0.1) is 11.7 Å². The molecule has 3 rings (SSSR count). The molecule has 1 aliphatic carbocycles. The van der Waals surface area contributed by atoms with Crippen LogP contribution in [0.15, 0.2) is 18.2 Å². The third-order valence-corrected chi connectivity index (χ3v) is 5.03. The normalized spacial score (nSPS) is 21.2. The third-order valence-electron chi connectivity index (χ3n) is 4.68. The number of halogens is 2. The molecule has 1 saturated heterocycles. The summed E-state index contributed by atoms with van der Waals surface area (Å²) in [6.45, 7) is 2.26. The Morgan fingerprint density at radius 3 is 2.65 bits per heavy atom. The van der Waals surface area contributed by atoms with Gasteiger partial charge < -0.3 is 10.4 Å². The molecular formula is C17H22ClFN2O2. The number of carbonyl (C=O) groups excluding carboxylic acids is 1. The third kappa shape index (κ3) is 4.43. The summed E-state index contributed by atoms with van der Waals surface area (Å²) in [7, 11) is 0. The van der Waals surface area contributed by atoms with Crippen LogP contribution in [0.5, 0.6) is 0 Å². The zero-order valence-electron chi connectivity index (χ0n) is 13.0. The van der Waals surface area contributed by atoms with Crippen LogP contribution in [-0.2, 0) is 11.3 Å². The molecule has 1 aromatic rings. The van der Waals surface area contributed by atoms with Gasteiger partial charge in [-0.2, -0.15) is 0 Å². The van der Waals surface area contributed by atoms with E-state index in [1.54, 1.807) is 6.07 Å². The van der Waals surface area contributed by atoms with Crippen molar-refractivity contribution in [2.75, 3.05) is 13.1 Å². The number of aliphatic hydroxyl groups excluding tert-OH is 1. The minimum Gasteiger partial charge on any atom is -0.383 e. The minimum absolute atomic E-state index is 0.00805. The number of amides is 1. The van der Waals surface area contributed by atoms with Gasteiger partial charge in [0.1, 0.15) is 11.9 Å². The molecule has 1 heterocycles. The lowest BCUT2D eigenvalue weighted by atomic mass is 9.90. The largest absolute Gasteiger partial charge is 0.383 e. The van der Waals surface area contributed by atoms with Crippen molar-refractivity contribution < 1.29 is 14.3 Å². The molecule has 2 N–H and O–H groups in total. The van der Waals surface area contributed by atoms with Crippen LogP contribution in [0.2, 0.25) is 5.02 Å². The number of likely N-dealkylation sites (tertiary alicyclic amines) is 1. The van der Waals surface area contributed by atoms with Crippen molar-refractivity contribution in [3.05, 3.63) is 34.6 Å². The molecule has 126 valence electrons. The summed E-state index contributed by atoms with van der Waals surface area (Å²) < 4.78 is 13.1. The molecule has 23 heavy (non-hydrogen) atoms. The maximum atomic E-state index is 13.1. The number of nitrogens with zero attached hydrogens (tertiary/aromatic N) is 1. The molecule has 0 aromatic heterocycles. The average molecular weight is 341 g/mol. The highest BCUT2D eigenvalue weighted by atomic mass is 35.5. The van der Waals surface area contributed by atoms with E-state index in [4.69, 9.17) is 11.6 Å². The van der Waals surface area contributed by atoms with Crippen LogP contribution in [0.25, 0.3) is 0 Å². The summed E-state index contributed by atoms with van der Waals surface area (Å²) in [6, 6.07) is 4.73. The topological polar surface area (TPSA) is 52.6 Å². The standard InChI is InChI=1S/C17H22ClFN2O2/c18-15-9-13(19)2-1-12(15)10-21-7-5-11(6-8-21)16(22)17(23)20-14-3-4-14/h1-2,9,11,14,16,22H,3-8,10H2,(H,20,23)/t16-/m0/s1. The minimum atomic E-state index is -0.910. The van der Waals surface area contributed by atoms with E-state index in [0.717, 1.165) is 44.3 Å². The van der Waals surface area contributed by atoms with Gasteiger partial charge in [-0.15, -0.1) is 0 Å². The van der Waals surface area contributed by atoms with E-state index in [1.807, 2.05) is 0 Å². The number of hydrogen-bond acceptors (Lipinski definition) is 3. The molecule has 4 nitrogen and oxygen atoms in total. The van der Waals surface area contributed by atoms with Gasteiger partial charge in [0.15, 0.2) is 0 Å². The first-order valence-corrected chi connectivity index (χ1v) is 8.55. The lowest BCUT2D eigenvalue weighted by molar-refractivity contribution is -0.133. The van der Waals surface area contributed by atoms with E-state index in [1.165, 1.54) is 12.1 Å². The first kappa shape index (κ1) is 16.7. The summed E-state index contributed by atoms with van der Waals surface area (Å²) in [6.07, 6.45) is 2.69. The molecule has 0 unspecified atom stereocenters. The SMILES string of the molecule is O=C(NC1CC1)[C@@H](O)C1CCN(Cc2ccc(F)cc2Cl)CC1. The van der Waals surface area contributed by atoms with Crippen LogP contribution in [0.4, 0.5) is 4.39 Å². The van der Waals surface area contributed by atoms with E-state index >= 15 is 0 Å². The van der Waals surface area contributed by atoms with Crippen molar-refractivity contribution in [1.29, 1.82) is 0 Å². The predicted molar refractivity (Wildman–Crippen MR) is 86.6 cm³/mol. The van der Waals surface area contributed by atoms with Crippen molar-refractivity contribution >= 4 is 17.5 Å². The molecule has 0 bridgehead atoms. The monoisotopic (exact) mass is 340 g/mol. The number of nitrogens with one attached hydrogen (secondary N) is 1. The van der Waals surface area contributed by atoms with E-state index < -0.39 is 6.10 Å². The molecule has 1 atom stereocenters. The quantitative estimate of drug-likeness (QED) is 0.865. The van der Waals surface area contributed by atoms with Gasteiger partial charge in [-0.25, -0.2) is 4.39 Å². The summed E-state index contributed by atoms with van der Waals surface area (Å²) in [4.78, 5) is 14.1. The van der Waals surface area contributed by atoms with E-state index in [-0.39, 0.29) is 23.7 Å². The number of rotatable bonds is 5. The zero-order chi connectivity index (χ0) is 16.4. The smallest absolute Gasteiger partial charge is 0.249 e. The Morgan fingerprint density at radius 1 is 1.35 bits per heavy atom. The molecule has 1 saturated carbocycles. The fourth-order valence-corrected chi connectivity index (χ4v) is 3.27. The van der Waals surface area contributed by atoms with Crippen molar-refractivity contribution in [3.63, 3.8) is 0 Å². The Kier molecular flexibility index (Phi) is 5.19. The second kappa shape index (κ2) is 7.16. The first-order valence-electron chi connectivity index (χ1n) is 8.17. The van der Waals surface area contributed by atoms with Gasteiger partial charge in [-0.1, -0.05) is 17.7 Å². The Labute approximate surface area is 140 Å². The lowest BCUT2D eigenvalue weighted by Crippen LogP contribution is -2.44. The molecule has 1 aromatic carbocycles. The molecule has 0 radical (unpaired) electrons. The van der Waals surface area contributed by atoms with Crippen LogP contribution in [0.3, 0.4) is 0 Å². The zero-order valence-corrected chi connectivity index (χ0v) is 13.7. The second-order valence-electron chi connectivity index (χ2n) is 6.58. The highest BCUT2D eigenvalue weighted by Gasteiger charge is 2.33. The van der Waals surface area contributed by atoms with Crippen molar-refractivity contribution in [1.82, 2.24) is 10.2 Å². The Hall–Kier alpha value is -1.17. The van der Waals surface area contributed by atoms with Crippen LogP contribution >= 0.6 is 11.6 Å². The fourth-order valence-electron chi connectivity index (χ4n) is 3.05. The summed E-state index contributed by atoms with van der Waals surface area (Å²) in [5, 5.41) is 13.5. The highest BCUT2D eigenvalue weighted by Crippen LogP contribution is 2.26. The Bertz CT molecular complexity index is 572. The van der Waals surface area contributed by atoms with Gasteiger partial charge in [0.05, 0.1) is 0 Å². The molecule has 0 spiro atoms. The number of benzene rings is 1. The van der Waals surface area contributed by atoms with Crippen molar-refractivity contribution in [2.45, 2.75) is 44.4 Å². The maximum absolute atomic E-state index is 13.1. The average Bonchev–Trinajstić information content (AvgIpc) is 3.34. The van der Waals surface area contributed by atoms with Gasteiger partial charge in [-0.3, -0.25) is 9.69 Å². The Morgan fingerprint density at radius 2 is 2.04 bits per heavy atom. The van der Waals surface area contributed by atoms with Crippen molar-refractivity contribution in [2.24, 2.45) is 5.92 Å². The maximum Gasteiger partial charge on any atom is 0.249 e.